The van der Waals surface area contributed by atoms with Crippen molar-refractivity contribution in [2.45, 2.75) is 37.1 Å². The molecule has 6 rings (SSSR count). The summed E-state index contributed by atoms with van der Waals surface area (Å²) in [7, 11) is 0. The average molecular weight is 530 g/mol. The van der Waals surface area contributed by atoms with E-state index in [1.807, 2.05) is 42.6 Å². The first-order valence-electron chi connectivity index (χ1n) is 12.6. The zero-order valence-electron chi connectivity index (χ0n) is 20.5. The number of aryl methyl sites for hydroxylation is 1. The van der Waals surface area contributed by atoms with Crippen LogP contribution in [0.3, 0.4) is 0 Å². The molecule has 0 amide bonds. The van der Waals surface area contributed by atoms with Gasteiger partial charge in [0.05, 0.1) is 21.7 Å². The third kappa shape index (κ3) is 4.97. The lowest BCUT2D eigenvalue weighted by Crippen LogP contribution is -2.38. The summed E-state index contributed by atoms with van der Waals surface area (Å²) in [5, 5.41) is 17.7. The summed E-state index contributed by atoms with van der Waals surface area (Å²) in [6.07, 6.45) is 5.09. The molecule has 9 heteroatoms. The minimum Gasteiger partial charge on any atom is -0.350 e. The molecule has 1 fully saturated rings. The minimum absolute atomic E-state index is 0.366. The Bertz CT molecular complexity index is 1560. The maximum Gasteiger partial charge on any atom is 0.223 e. The number of nitrogens with zero attached hydrogens (tertiary/aromatic N) is 3. The molecule has 1 aliphatic rings. The number of piperidine rings is 1. The second-order valence-corrected chi connectivity index (χ2v) is 10.5. The molecule has 0 bridgehead atoms. The predicted molar refractivity (Wildman–Crippen MR) is 154 cm³/mol. The Morgan fingerprint density at radius 1 is 1.14 bits per heavy atom. The molecule has 7 nitrogen and oxygen atoms in total. The van der Waals surface area contributed by atoms with Crippen LogP contribution >= 0.6 is 23.5 Å². The van der Waals surface area contributed by atoms with Crippen molar-refractivity contribution >= 4 is 57.0 Å². The van der Waals surface area contributed by atoms with Crippen LogP contribution in [0.1, 0.15) is 25.3 Å². The second-order valence-electron chi connectivity index (χ2n) is 9.24. The van der Waals surface area contributed by atoms with Crippen LogP contribution in [0.2, 0.25) is 5.02 Å². The summed E-state index contributed by atoms with van der Waals surface area (Å²) < 4.78 is 3.43. The Hall–Kier alpha value is -3.33. The average Bonchev–Trinajstić information content (AvgIpc) is 3.37. The van der Waals surface area contributed by atoms with Gasteiger partial charge < -0.3 is 15.4 Å². The summed E-state index contributed by atoms with van der Waals surface area (Å²) in [5.41, 5.74) is 6.03. The number of nitrogens with one attached hydrogen (secondary N) is 4. The Morgan fingerprint density at radius 2 is 2.05 bits per heavy atom. The summed E-state index contributed by atoms with van der Waals surface area (Å²) in [4.78, 5) is 10.5. The maximum atomic E-state index is 6.33. The summed E-state index contributed by atoms with van der Waals surface area (Å²) in [6, 6.07) is 18.7. The van der Waals surface area contributed by atoms with Gasteiger partial charge in [0.1, 0.15) is 5.69 Å². The third-order valence-electron chi connectivity index (χ3n) is 6.75. The van der Waals surface area contributed by atoms with Gasteiger partial charge in [0.25, 0.3) is 0 Å². The van der Waals surface area contributed by atoms with Crippen molar-refractivity contribution in [1.82, 2.24) is 25.5 Å². The number of hydrogen-bond donors (Lipinski definition) is 4. The fraction of sp³-hybridized carbons (Fsp3) is 0.250. The molecular formula is C28H28ClN7S. The monoisotopic (exact) mass is 529 g/mol. The molecule has 1 saturated heterocycles. The van der Waals surface area contributed by atoms with E-state index in [9.17, 15) is 0 Å². The van der Waals surface area contributed by atoms with Crippen molar-refractivity contribution in [3.8, 4) is 11.3 Å². The molecule has 0 saturated carbocycles. The predicted octanol–water partition coefficient (Wildman–Crippen LogP) is 6.67. The highest BCUT2D eigenvalue weighted by atomic mass is 35.5. The van der Waals surface area contributed by atoms with Crippen LogP contribution in [0.5, 0.6) is 0 Å². The molecule has 188 valence electrons. The number of benzene rings is 3. The van der Waals surface area contributed by atoms with E-state index in [4.69, 9.17) is 21.7 Å². The molecule has 0 aliphatic carbocycles. The summed E-state index contributed by atoms with van der Waals surface area (Å²) in [5.74, 6) is 0.695. The number of anilines is 2. The van der Waals surface area contributed by atoms with E-state index in [1.165, 1.54) is 23.9 Å². The first kappa shape index (κ1) is 24.0. The van der Waals surface area contributed by atoms with Crippen LogP contribution in [0.15, 0.2) is 65.7 Å². The van der Waals surface area contributed by atoms with E-state index < -0.39 is 0 Å². The molecule has 37 heavy (non-hydrogen) atoms. The lowest BCUT2D eigenvalue weighted by Gasteiger charge is -2.23. The third-order valence-corrected chi connectivity index (χ3v) is 8.09. The van der Waals surface area contributed by atoms with Gasteiger partial charge in [0.2, 0.25) is 5.95 Å². The number of aromatic amines is 1. The van der Waals surface area contributed by atoms with Crippen LogP contribution in [0, 0.1) is 0 Å². The molecule has 0 spiro atoms. The Morgan fingerprint density at radius 3 is 2.89 bits per heavy atom. The maximum absolute atomic E-state index is 6.33. The first-order chi connectivity index (χ1) is 18.2. The van der Waals surface area contributed by atoms with Crippen molar-refractivity contribution in [2.75, 3.05) is 23.1 Å². The van der Waals surface area contributed by atoms with E-state index in [2.05, 4.69) is 50.6 Å². The second kappa shape index (κ2) is 10.6. The Labute approximate surface area is 225 Å². The number of halogens is 1. The van der Waals surface area contributed by atoms with Crippen molar-refractivity contribution in [3.63, 3.8) is 0 Å². The van der Waals surface area contributed by atoms with Crippen LogP contribution in [0.4, 0.5) is 11.6 Å². The van der Waals surface area contributed by atoms with Gasteiger partial charge in [-0.15, -0.1) is 0 Å². The molecule has 4 N–H and O–H groups in total. The Balaban J connectivity index is 1.31. The van der Waals surface area contributed by atoms with Crippen LogP contribution < -0.4 is 15.4 Å². The van der Waals surface area contributed by atoms with Gasteiger partial charge in [-0.2, -0.15) is 5.10 Å². The van der Waals surface area contributed by atoms with Crippen LogP contribution in [-0.4, -0.2) is 39.3 Å². The summed E-state index contributed by atoms with van der Waals surface area (Å²) >= 11 is 7.82. The number of rotatable bonds is 7. The highest BCUT2D eigenvalue weighted by Gasteiger charge is 2.17. The zero-order valence-corrected chi connectivity index (χ0v) is 22.1. The van der Waals surface area contributed by atoms with Crippen molar-refractivity contribution < 1.29 is 0 Å². The summed E-state index contributed by atoms with van der Waals surface area (Å²) in [6.45, 7) is 4.19. The number of H-pyrrole nitrogens is 1. The van der Waals surface area contributed by atoms with Gasteiger partial charge in [0.15, 0.2) is 0 Å². The van der Waals surface area contributed by atoms with E-state index in [0.717, 1.165) is 74.6 Å². The largest absolute Gasteiger partial charge is 0.350 e. The molecule has 3 heterocycles. The highest BCUT2D eigenvalue weighted by Crippen LogP contribution is 2.35. The molecule has 1 atom stereocenters. The zero-order chi connectivity index (χ0) is 25.2. The quantitative estimate of drug-likeness (QED) is 0.175. The number of para-hydroxylation sites is 1. The normalized spacial score (nSPS) is 15.8. The number of hydrogen-bond acceptors (Lipinski definition) is 7. The van der Waals surface area contributed by atoms with Crippen molar-refractivity contribution in [2.24, 2.45) is 0 Å². The first-order valence-corrected chi connectivity index (χ1v) is 13.8. The number of fused-ring (bicyclic) bond motifs is 2. The highest BCUT2D eigenvalue weighted by molar-refractivity contribution is 8.00. The van der Waals surface area contributed by atoms with Gasteiger partial charge in [-0.25, -0.2) is 9.97 Å². The topological polar surface area (TPSA) is 90.5 Å². The fourth-order valence-electron chi connectivity index (χ4n) is 4.84. The van der Waals surface area contributed by atoms with E-state index >= 15 is 0 Å². The lowest BCUT2D eigenvalue weighted by atomic mass is 10.0. The molecular weight excluding hydrogens is 502 g/mol. The van der Waals surface area contributed by atoms with Crippen molar-refractivity contribution in [1.29, 1.82) is 0 Å². The van der Waals surface area contributed by atoms with E-state index in [0.29, 0.717) is 12.0 Å². The number of aromatic nitrogens is 4. The fourth-order valence-corrected chi connectivity index (χ4v) is 5.79. The van der Waals surface area contributed by atoms with E-state index in [1.54, 1.807) is 0 Å². The van der Waals surface area contributed by atoms with Crippen LogP contribution in [0.25, 0.3) is 33.1 Å². The molecule has 3 aromatic carbocycles. The van der Waals surface area contributed by atoms with Crippen molar-refractivity contribution in [3.05, 3.63) is 71.4 Å². The van der Waals surface area contributed by atoms with Gasteiger partial charge in [-0.3, -0.25) is 5.10 Å². The van der Waals surface area contributed by atoms with Gasteiger partial charge in [0, 0.05) is 40.0 Å². The van der Waals surface area contributed by atoms with Crippen LogP contribution in [-0.2, 0) is 6.42 Å². The molecule has 0 radical (unpaired) electrons. The minimum atomic E-state index is 0.366. The van der Waals surface area contributed by atoms with E-state index in [-0.39, 0.29) is 0 Å². The smallest absolute Gasteiger partial charge is 0.223 e. The Kier molecular flexibility index (Phi) is 6.87. The lowest BCUT2D eigenvalue weighted by molar-refractivity contribution is 0.478. The SMILES string of the molecule is CCc1cc(-c2n[nH]c3c(NSc4ccccc4Cl)cccc23)cc2cnc(NC3CCCNC3)nc12. The molecule has 5 aromatic rings. The molecule has 1 unspecified atom stereocenters. The molecule has 1 aliphatic heterocycles. The standard InChI is InChI=1S/C28H28ClN7S/c1-2-17-13-18(14-19-15-31-28(33-25(17)19)32-20-7-6-12-30-16-20)26-21-8-5-10-23(27(21)35-34-26)36-37-24-11-4-3-9-22(24)29/h3-5,8-11,13-15,20,30,36H,2,6-7,12,16H2,1H3,(H,34,35)(H,31,32,33). The van der Waals surface area contributed by atoms with Gasteiger partial charge in [-0.1, -0.05) is 42.8 Å². The van der Waals surface area contributed by atoms with Gasteiger partial charge >= 0.3 is 0 Å². The van der Waals surface area contributed by atoms with Gasteiger partial charge in [-0.05, 0) is 73.7 Å². The molecule has 2 aromatic heterocycles.